The summed E-state index contributed by atoms with van der Waals surface area (Å²) in [7, 11) is 0. The molecule has 1 unspecified atom stereocenters. The first-order valence-corrected chi connectivity index (χ1v) is 5.42. The van der Waals surface area contributed by atoms with Gasteiger partial charge in [0.2, 0.25) is 0 Å². The fourth-order valence-electron chi connectivity index (χ4n) is 1.68. The second-order valence-corrected chi connectivity index (χ2v) is 4.70. The van der Waals surface area contributed by atoms with E-state index in [4.69, 9.17) is 20.9 Å². The first-order chi connectivity index (χ1) is 7.48. The fourth-order valence-corrected chi connectivity index (χ4v) is 1.68. The molecule has 4 N–H and O–H groups in total. The van der Waals surface area contributed by atoms with Crippen molar-refractivity contribution in [1.29, 1.82) is 0 Å². The van der Waals surface area contributed by atoms with E-state index >= 15 is 0 Å². The van der Waals surface area contributed by atoms with Crippen LogP contribution in [0.25, 0.3) is 0 Å². The second kappa shape index (κ2) is 3.96. The van der Waals surface area contributed by atoms with Gasteiger partial charge in [0.05, 0.1) is 0 Å². The quantitative estimate of drug-likeness (QED) is 0.788. The number of hydrogen-bond acceptors (Lipinski definition) is 4. The molecule has 1 atom stereocenters. The van der Waals surface area contributed by atoms with E-state index in [1.165, 1.54) is 0 Å². The lowest BCUT2D eigenvalue weighted by molar-refractivity contribution is 0.171. The highest BCUT2D eigenvalue weighted by Crippen LogP contribution is 2.33. The van der Waals surface area contributed by atoms with Crippen LogP contribution < -0.4 is 20.9 Å². The first kappa shape index (κ1) is 11.2. The minimum atomic E-state index is -0.455. The van der Waals surface area contributed by atoms with Crippen LogP contribution in [-0.4, -0.2) is 18.8 Å². The number of rotatable bonds is 2. The van der Waals surface area contributed by atoms with Gasteiger partial charge in [-0.25, -0.2) is 0 Å². The normalized spacial score (nSPS) is 17.0. The molecule has 16 heavy (non-hydrogen) atoms. The molecule has 88 valence electrons. The average Bonchev–Trinajstić information content (AvgIpc) is 2.26. The van der Waals surface area contributed by atoms with Gasteiger partial charge in [0.25, 0.3) is 0 Å². The highest BCUT2D eigenvalue weighted by atomic mass is 16.6. The Morgan fingerprint density at radius 3 is 2.44 bits per heavy atom. The maximum absolute atomic E-state index is 6.08. The van der Waals surface area contributed by atoms with Gasteiger partial charge in [0.15, 0.2) is 11.5 Å². The van der Waals surface area contributed by atoms with Gasteiger partial charge in [-0.05, 0) is 31.5 Å². The predicted octanol–water partition coefficient (Wildman–Crippen LogP) is 1.19. The lowest BCUT2D eigenvalue weighted by Crippen LogP contribution is -2.43. The second-order valence-electron chi connectivity index (χ2n) is 4.70. The van der Waals surface area contributed by atoms with Crippen molar-refractivity contribution in [2.45, 2.75) is 25.4 Å². The van der Waals surface area contributed by atoms with Crippen molar-refractivity contribution >= 4 is 0 Å². The molecule has 1 aromatic rings. The molecule has 0 saturated carbocycles. The molecule has 0 radical (unpaired) electrons. The van der Waals surface area contributed by atoms with Gasteiger partial charge in [0, 0.05) is 11.6 Å². The van der Waals surface area contributed by atoms with E-state index < -0.39 is 5.54 Å². The molecule has 0 amide bonds. The van der Waals surface area contributed by atoms with E-state index in [9.17, 15) is 0 Å². The molecule has 0 saturated heterocycles. The predicted molar refractivity (Wildman–Crippen MR) is 62.6 cm³/mol. The van der Waals surface area contributed by atoms with Gasteiger partial charge in [-0.2, -0.15) is 0 Å². The summed E-state index contributed by atoms with van der Waals surface area (Å²) in [5, 5.41) is 0. The Bertz CT molecular complexity index is 385. The third kappa shape index (κ3) is 2.13. The highest BCUT2D eigenvalue weighted by Gasteiger charge is 2.24. The van der Waals surface area contributed by atoms with Gasteiger partial charge in [0.1, 0.15) is 13.2 Å². The van der Waals surface area contributed by atoms with E-state index in [0.29, 0.717) is 13.2 Å². The molecule has 1 aromatic carbocycles. The van der Waals surface area contributed by atoms with E-state index in [1.807, 2.05) is 32.0 Å². The van der Waals surface area contributed by atoms with Crippen molar-refractivity contribution in [2.24, 2.45) is 11.5 Å². The molecule has 2 rings (SSSR count). The Morgan fingerprint density at radius 1 is 1.19 bits per heavy atom. The summed E-state index contributed by atoms with van der Waals surface area (Å²) in [6.45, 7) is 5.00. The molecule has 1 heterocycles. The largest absolute Gasteiger partial charge is 0.486 e. The molecule has 1 aliphatic heterocycles. The van der Waals surface area contributed by atoms with Crippen LogP contribution in [0.4, 0.5) is 0 Å². The lowest BCUT2D eigenvalue weighted by Gasteiger charge is -2.28. The molecule has 1 aliphatic rings. The maximum atomic E-state index is 6.08. The summed E-state index contributed by atoms with van der Waals surface area (Å²) in [5.41, 5.74) is 12.6. The van der Waals surface area contributed by atoms with Gasteiger partial charge >= 0.3 is 0 Å². The van der Waals surface area contributed by atoms with Crippen molar-refractivity contribution in [3.05, 3.63) is 23.8 Å². The SMILES string of the molecule is CC(C)(N)C(N)c1ccc2c(c1)OCCO2. The van der Waals surface area contributed by atoms with Crippen LogP contribution in [0.5, 0.6) is 11.5 Å². The van der Waals surface area contributed by atoms with E-state index in [1.54, 1.807) is 0 Å². The topological polar surface area (TPSA) is 70.5 Å². The van der Waals surface area contributed by atoms with E-state index in [2.05, 4.69) is 0 Å². The maximum Gasteiger partial charge on any atom is 0.161 e. The number of hydrogen-bond donors (Lipinski definition) is 2. The molecule has 4 heteroatoms. The van der Waals surface area contributed by atoms with Crippen LogP contribution in [0.1, 0.15) is 25.5 Å². The zero-order chi connectivity index (χ0) is 11.8. The minimum absolute atomic E-state index is 0.219. The summed E-state index contributed by atoms with van der Waals surface area (Å²) < 4.78 is 11.0. The molecule has 0 bridgehead atoms. The van der Waals surface area contributed by atoms with Gasteiger partial charge < -0.3 is 20.9 Å². The summed E-state index contributed by atoms with van der Waals surface area (Å²) in [6, 6.07) is 5.51. The number of benzene rings is 1. The van der Waals surface area contributed by atoms with Gasteiger partial charge in [-0.15, -0.1) is 0 Å². The van der Waals surface area contributed by atoms with E-state index in [0.717, 1.165) is 17.1 Å². The molecule has 0 aromatic heterocycles. The van der Waals surface area contributed by atoms with Crippen LogP contribution in [0.3, 0.4) is 0 Å². The van der Waals surface area contributed by atoms with Gasteiger partial charge in [-0.1, -0.05) is 6.07 Å². The Kier molecular flexibility index (Phi) is 2.78. The van der Waals surface area contributed by atoms with Crippen molar-refractivity contribution in [2.75, 3.05) is 13.2 Å². The number of ether oxygens (including phenoxy) is 2. The smallest absolute Gasteiger partial charge is 0.161 e. The average molecular weight is 222 g/mol. The molecule has 0 fully saturated rings. The van der Waals surface area contributed by atoms with Crippen LogP contribution in [0, 0.1) is 0 Å². The Balaban J connectivity index is 2.30. The molecular weight excluding hydrogens is 204 g/mol. The summed E-state index contributed by atoms with van der Waals surface area (Å²) in [6.07, 6.45) is 0. The standard InChI is InChI=1S/C12H18N2O2/c1-12(2,14)11(13)8-3-4-9-10(7-8)16-6-5-15-9/h3-4,7,11H,5-6,13-14H2,1-2H3. The lowest BCUT2D eigenvalue weighted by atomic mass is 9.90. The molecule has 0 spiro atoms. The van der Waals surface area contributed by atoms with Crippen LogP contribution in [0.2, 0.25) is 0 Å². The Morgan fingerprint density at radius 2 is 1.81 bits per heavy atom. The zero-order valence-corrected chi connectivity index (χ0v) is 9.69. The van der Waals surface area contributed by atoms with Crippen molar-refractivity contribution in [3.63, 3.8) is 0 Å². The van der Waals surface area contributed by atoms with Crippen molar-refractivity contribution < 1.29 is 9.47 Å². The van der Waals surface area contributed by atoms with Crippen LogP contribution >= 0.6 is 0 Å². The summed E-state index contributed by atoms with van der Waals surface area (Å²) in [4.78, 5) is 0. The third-order valence-electron chi connectivity index (χ3n) is 2.73. The first-order valence-electron chi connectivity index (χ1n) is 5.42. The number of fused-ring (bicyclic) bond motifs is 1. The van der Waals surface area contributed by atoms with E-state index in [-0.39, 0.29) is 6.04 Å². The summed E-state index contributed by atoms with van der Waals surface area (Å²) in [5.74, 6) is 1.53. The monoisotopic (exact) mass is 222 g/mol. The number of nitrogens with two attached hydrogens (primary N) is 2. The Hall–Kier alpha value is -1.26. The zero-order valence-electron chi connectivity index (χ0n) is 9.69. The summed E-state index contributed by atoms with van der Waals surface area (Å²) >= 11 is 0. The molecular formula is C12H18N2O2. The van der Waals surface area contributed by atoms with Gasteiger partial charge in [-0.3, -0.25) is 0 Å². The molecule has 0 aliphatic carbocycles. The highest BCUT2D eigenvalue weighted by molar-refractivity contribution is 5.45. The van der Waals surface area contributed by atoms with Crippen molar-refractivity contribution in [1.82, 2.24) is 0 Å². The fraction of sp³-hybridized carbons (Fsp3) is 0.500. The van der Waals surface area contributed by atoms with Crippen LogP contribution in [0.15, 0.2) is 18.2 Å². The minimum Gasteiger partial charge on any atom is -0.486 e. The Labute approximate surface area is 95.5 Å². The van der Waals surface area contributed by atoms with Crippen molar-refractivity contribution in [3.8, 4) is 11.5 Å². The molecule has 4 nitrogen and oxygen atoms in total. The third-order valence-corrected chi connectivity index (χ3v) is 2.73. The van der Waals surface area contributed by atoms with Crippen LogP contribution in [-0.2, 0) is 0 Å².